The molecule has 8 heteroatoms. The van der Waals surface area contributed by atoms with Gasteiger partial charge in [-0.3, -0.25) is 10.1 Å². The number of hydrogen-bond donors (Lipinski definition) is 2. The lowest BCUT2D eigenvalue weighted by Crippen LogP contribution is -2.09. The highest BCUT2D eigenvalue weighted by atomic mass is 19.1. The van der Waals surface area contributed by atoms with Crippen molar-refractivity contribution in [1.82, 2.24) is 35.0 Å². The molecule has 5 aromatic rings. The number of halogens is 1. The van der Waals surface area contributed by atoms with E-state index in [2.05, 4.69) is 43.9 Å². The number of likely N-dealkylation sites (N-methyl/N-ethyl adjacent to an activating group) is 1. The molecule has 0 aliphatic carbocycles. The molecular formula is C27H24FN7. The highest BCUT2D eigenvalue weighted by molar-refractivity contribution is 5.96. The molecule has 0 unspecified atom stereocenters. The van der Waals surface area contributed by atoms with Crippen LogP contribution in [0.4, 0.5) is 4.39 Å². The maximum Gasteiger partial charge on any atom is 0.181 e. The number of benzene rings is 1. The summed E-state index contributed by atoms with van der Waals surface area (Å²) in [6, 6.07) is 10.1. The second-order valence-electron chi connectivity index (χ2n) is 8.25. The molecule has 1 aromatic carbocycles. The van der Waals surface area contributed by atoms with Gasteiger partial charge in [0.05, 0.1) is 16.6 Å². The topological polar surface area (TPSA) is 86.4 Å². The largest absolute Gasteiger partial charge is 0.378 e. The van der Waals surface area contributed by atoms with Gasteiger partial charge in [-0.05, 0) is 61.0 Å². The molecule has 0 bridgehead atoms. The van der Waals surface area contributed by atoms with E-state index in [9.17, 15) is 4.39 Å². The first-order valence-corrected chi connectivity index (χ1v) is 11.1. The number of nitrogens with one attached hydrogen (secondary N) is 2. The van der Waals surface area contributed by atoms with E-state index in [0.29, 0.717) is 22.7 Å². The van der Waals surface area contributed by atoms with E-state index >= 15 is 0 Å². The Balaban J connectivity index is 1.61. The van der Waals surface area contributed by atoms with Gasteiger partial charge in [0.2, 0.25) is 0 Å². The SMILES string of the molecule is C=C/C(=C\C(=C/C)c1cnc2n[nH]c(-c3nc4c(-c5ccc(F)cc5)nccc4[nH]3)c2c1)N(C)C. The fourth-order valence-electron chi connectivity index (χ4n) is 3.97. The summed E-state index contributed by atoms with van der Waals surface area (Å²) in [7, 11) is 3.96. The molecule has 5 rings (SSSR count). The minimum absolute atomic E-state index is 0.294. The van der Waals surface area contributed by atoms with Gasteiger partial charge >= 0.3 is 0 Å². The molecule has 35 heavy (non-hydrogen) atoms. The zero-order chi connectivity index (χ0) is 24.5. The summed E-state index contributed by atoms with van der Waals surface area (Å²) in [5.41, 5.74) is 7.26. The fraction of sp³-hybridized carbons (Fsp3) is 0.111. The molecule has 0 aliphatic rings. The van der Waals surface area contributed by atoms with Gasteiger partial charge in [-0.1, -0.05) is 12.7 Å². The summed E-state index contributed by atoms with van der Waals surface area (Å²) in [4.78, 5) is 19.2. The van der Waals surface area contributed by atoms with Crippen molar-refractivity contribution >= 4 is 27.6 Å². The number of nitrogens with zero attached hydrogens (tertiary/aromatic N) is 5. The molecule has 0 spiro atoms. The first kappa shape index (κ1) is 22.2. The number of hydrogen-bond acceptors (Lipinski definition) is 5. The molecule has 7 nitrogen and oxygen atoms in total. The molecule has 4 heterocycles. The van der Waals surface area contributed by atoms with Gasteiger partial charge in [0.15, 0.2) is 11.5 Å². The van der Waals surface area contributed by atoms with Crippen molar-refractivity contribution < 1.29 is 4.39 Å². The summed E-state index contributed by atoms with van der Waals surface area (Å²) < 4.78 is 13.4. The average Bonchev–Trinajstić information content (AvgIpc) is 3.48. The lowest BCUT2D eigenvalue weighted by Gasteiger charge is -2.14. The standard InChI is InChI=1S/C27H24FN7/c1-5-16(13-20(6-2)35(3)4)18-14-21-24(33-34-26(21)30-15-18)27-31-22-11-12-29-23(25(22)32-27)17-7-9-19(28)10-8-17/h5-15H,2H2,1,3-4H3,(H,31,32)(H,30,33,34)/b16-5+,20-13+. The van der Waals surface area contributed by atoms with Crippen molar-refractivity contribution in [3.8, 4) is 22.8 Å². The Labute approximate surface area is 201 Å². The van der Waals surface area contributed by atoms with Crippen molar-refractivity contribution in [2.45, 2.75) is 6.92 Å². The molecule has 2 N–H and O–H groups in total. The van der Waals surface area contributed by atoms with Crippen molar-refractivity contribution in [3.63, 3.8) is 0 Å². The average molecular weight is 466 g/mol. The summed E-state index contributed by atoms with van der Waals surface area (Å²) in [6.07, 6.45) is 9.44. The van der Waals surface area contributed by atoms with Gasteiger partial charge in [-0.2, -0.15) is 5.10 Å². The third kappa shape index (κ3) is 4.10. The van der Waals surface area contributed by atoms with Crippen LogP contribution in [0, 0.1) is 5.82 Å². The highest BCUT2D eigenvalue weighted by Crippen LogP contribution is 2.31. The Morgan fingerprint density at radius 3 is 2.63 bits per heavy atom. The lowest BCUT2D eigenvalue weighted by atomic mass is 10.0. The van der Waals surface area contributed by atoms with Crippen LogP contribution in [-0.2, 0) is 0 Å². The Bertz CT molecular complexity index is 1600. The molecular weight excluding hydrogens is 441 g/mol. The van der Waals surface area contributed by atoms with Gasteiger partial charge in [0.1, 0.15) is 17.0 Å². The molecule has 0 saturated heterocycles. The number of fused-ring (bicyclic) bond motifs is 2. The Morgan fingerprint density at radius 2 is 1.91 bits per heavy atom. The molecule has 0 atom stereocenters. The van der Waals surface area contributed by atoms with Crippen molar-refractivity contribution in [2.75, 3.05) is 14.1 Å². The molecule has 4 aromatic heterocycles. The van der Waals surface area contributed by atoms with Crippen molar-refractivity contribution in [2.24, 2.45) is 0 Å². The van der Waals surface area contributed by atoms with Gasteiger partial charge in [-0.15, -0.1) is 0 Å². The zero-order valence-electron chi connectivity index (χ0n) is 19.7. The van der Waals surface area contributed by atoms with Crippen LogP contribution in [-0.4, -0.2) is 49.1 Å². The quantitative estimate of drug-likeness (QED) is 0.313. The first-order valence-electron chi connectivity index (χ1n) is 11.1. The summed E-state index contributed by atoms with van der Waals surface area (Å²) >= 11 is 0. The minimum Gasteiger partial charge on any atom is -0.378 e. The molecule has 0 amide bonds. The van der Waals surface area contributed by atoms with Crippen LogP contribution in [0.15, 0.2) is 79.3 Å². The second-order valence-corrected chi connectivity index (χ2v) is 8.25. The molecule has 174 valence electrons. The summed E-state index contributed by atoms with van der Waals surface area (Å²) in [5, 5.41) is 8.29. The zero-order valence-corrected chi connectivity index (χ0v) is 19.7. The van der Waals surface area contributed by atoms with E-state index in [0.717, 1.165) is 39.0 Å². The van der Waals surface area contributed by atoms with Crippen LogP contribution in [0.25, 0.3) is 50.4 Å². The minimum atomic E-state index is -0.294. The molecule has 0 saturated carbocycles. The number of aromatic nitrogens is 6. The van der Waals surface area contributed by atoms with E-state index < -0.39 is 0 Å². The maximum atomic E-state index is 13.4. The van der Waals surface area contributed by atoms with E-state index in [1.54, 1.807) is 18.3 Å². The lowest BCUT2D eigenvalue weighted by molar-refractivity contribution is 0.530. The number of aromatic amines is 2. The van der Waals surface area contributed by atoms with Gasteiger partial charge in [-0.25, -0.2) is 14.4 Å². The first-order chi connectivity index (χ1) is 17.0. The van der Waals surface area contributed by atoms with Crippen molar-refractivity contribution in [3.05, 3.63) is 90.7 Å². The van der Waals surface area contributed by atoms with Gasteiger partial charge in [0, 0.05) is 43.3 Å². The van der Waals surface area contributed by atoms with E-state index in [1.807, 2.05) is 50.3 Å². The maximum absolute atomic E-state index is 13.4. The third-order valence-corrected chi connectivity index (χ3v) is 5.84. The molecule has 0 radical (unpaired) electrons. The summed E-state index contributed by atoms with van der Waals surface area (Å²) in [6.45, 7) is 5.90. The van der Waals surface area contributed by atoms with E-state index in [-0.39, 0.29) is 5.82 Å². The molecule has 0 fully saturated rings. The fourth-order valence-corrected chi connectivity index (χ4v) is 3.97. The predicted molar refractivity (Wildman–Crippen MR) is 138 cm³/mol. The van der Waals surface area contributed by atoms with Crippen LogP contribution in [0.3, 0.4) is 0 Å². The van der Waals surface area contributed by atoms with Crippen LogP contribution in [0.5, 0.6) is 0 Å². The van der Waals surface area contributed by atoms with Gasteiger partial charge < -0.3 is 9.88 Å². The second kappa shape index (κ2) is 8.98. The Hall–Kier alpha value is -4.59. The number of imidazole rings is 1. The van der Waals surface area contributed by atoms with Crippen LogP contribution in [0.1, 0.15) is 12.5 Å². The molecule has 0 aliphatic heterocycles. The normalized spacial score (nSPS) is 12.5. The third-order valence-electron chi connectivity index (χ3n) is 5.84. The summed E-state index contributed by atoms with van der Waals surface area (Å²) in [5.74, 6) is 0.326. The van der Waals surface area contributed by atoms with E-state index in [4.69, 9.17) is 4.98 Å². The number of rotatable bonds is 6. The number of allylic oxidation sites excluding steroid dienone is 4. The smallest absolute Gasteiger partial charge is 0.181 e. The Kier molecular flexibility index (Phi) is 5.70. The van der Waals surface area contributed by atoms with E-state index in [1.165, 1.54) is 12.1 Å². The predicted octanol–water partition coefficient (Wildman–Crippen LogP) is 5.74. The number of H-pyrrole nitrogens is 2. The van der Waals surface area contributed by atoms with Crippen LogP contribution < -0.4 is 0 Å². The number of pyridine rings is 2. The van der Waals surface area contributed by atoms with Crippen LogP contribution in [0.2, 0.25) is 0 Å². The van der Waals surface area contributed by atoms with Crippen molar-refractivity contribution in [1.29, 1.82) is 0 Å². The highest BCUT2D eigenvalue weighted by Gasteiger charge is 2.17. The Morgan fingerprint density at radius 1 is 1.11 bits per heavy atom. The van der Waals surface area contributed by atoms with Gasteiger partial charge in [0.25, 0.3) is 0 Å². The van der Waals surface area contributed by atoms with Crippen LogP contribution >= 0.6 is 0 Å². The monoisotopic (exact) mass is 465 g/mol.